The normalized spacial score (nSPS) is 14.8. The number of rotatable bonds is 8. The summed E-state index contributed by atoms with van der Waals surface area (Å²) in [5, 5.41) is 21.6. The van der Waals surface area contributed by atoms with E-state index in [1.807, 2.05) is 6.92 Å². The summed E-state index contributed by atoms with van der Waals surface area (Å²) in [4.78, 5) is 0.127. The van der Waals surface area contributed by atoms with Crippen molar-refractivity contribution in [3.63, 3.8) is 0 Å². The van der Waals surface area contributed by atoms with E-state index in [4.69, 9.17) is 5.11 Å². The lowest BCUT2D eigenvalue weighted by molar-refractivity contribution is 0.0132. The van der Waals surface area contributed by atoms with Crippen LogP contribution < -0.4 is 10.0 Å². The van der Waals surface area contributed by atoms with E-state index >= 15 is 0 Å². The molecule has 0 fully saturated rings. The number of sulfonamides is 1. The van der Waals surface area contributed by atoms with E-state index < -0.39 is 22.2 Å². The second kappa shape index (κ2) is 7.03. The fraction of sp³-hybridized carbons (Fsp3) is 0.538. The third-order valence-electron chi connectivity index (χ3n) is 2.72. The third-order valence-corrected chi connectivity index (χ3v) is 4.24. The Kier molecular flexibility index (Phi) is 5.94. The molecule has 1 aromatic rings. The number of aliphatic hydroxyl groups excluding tert-OH is 1. The van der Waals surface area contributed by atoms with Gasteiger partial charge in [0.1, 0.15) is 10.5 Å². The SMILES string of the molecule is CCCNS(=O)(=O)c1ccccc1NCC(C)(O)CO. The molecule has 4 N–H and O–H groups in total. The standard InChI is InChI=1S/C13H22N2O4S/c1-3-8-15-20(18,19)12-7-5-4-6-11(12)14-9-13(2,17)10-16/h4-7,14-17H,3,8-10H2,1-2H3. The predicted octanol–water partition coefficient (Wildman–Crippen LogP) is 0.530. The van der Waals surface area contributed by atoms with Crippen LogP contribution in [0.5, 0.6) is 0 Å². The molecule has 1 rings (SSSR count). The van der Waals surface area contributed by atoms with Crippen molar-refractivity contribution < 1.29 is 18.6 Å². The highest BCUT2D eigenvalue weighted by Crippen LogP contribution is 2.21. The number of nitrogens with one attached hydrogen (secondary N) is 2. The number of hydrogen-bond acceptors (Lipinski definition) is 5. The average Bonchev–Trinajstić information content (AvgIpc) is 2.43. The summed E-state index contributed by atoms with van der Waals surface area (Å²) >= 11 is 0. The van der Waals surface area contributed by atoms with Gasteiger partial charge in [-0.2, -0.15) is 0 Å². The number of benzene rings is 1. The fourth-order valence-electron chi connectivity index (χ4n) is 1.50. The molecule has 0 amide bonds. The van der Waals surface area contributed by atoms with Crippen LogP contribution in [-0.2, 0) is 10.0 Å². The lowest BCUT2D eigenvalue weighted by atomic mass is 10.1. The number of hydrogen-bond donors (Lipinski definition) is 4. The van der Waals surface area contributed by atoms with Gasteiger partial charge in [0, 0.05) is 13.1 Å². The summed E-state index contributed by atoms with van der Waals surface area (Å²) in [6.45, 7) is 3.34. The van der Waals surface area contributed by atoms with Gasteiger partial charge in [-0.05, 0) is 25.5 Å². The predicted molar refractivity (Wildman–Crippen MR) is 78.1 cm³/mol. The first-order valence-electron chi connectivity index (χ1n) is 6.48. The molecule has 1 atom stereocenters. The molecular weight excluding hydrogens is 280 g/mol. The molecule has 0 saturated heterocycles. The van der Waals surface area contributed by atoms with E-state index in [0.29, 0.717) is 18.7 Å². The Labute approximate surface area is 119 Å². The maximum absolute atomic E-state index is 12.1. The van der Waals surface area contributed by atoms with E-state index in [0.717, 1.165) is 0 Å². The monoisotopic (exact) mass is 302 g/mol. The van der Waals surface area contributed by atoms with Crippen LogP contribution in [0.4, 0.5) is 5.69 Å². The summed E-state index contributed by atoms with van der Waals surface area (Å²) in [6, 6.07) is 6.45. The zero-order chi connectivity index (χ0) is 15.2. The van der Waals surface area contributed by atoms with Crippen molar-refractivity contribution in [3.8, 4) is 0 Å². The molecule has 0 spiro atoms. The molecule has 7 heteroatoms. The van der Waals surface area contributed by atoms with Crippen molar-refractivity contribution in [1.82, 2.24) is 4.72 Å². The number of para-hydroxylation sites is 1. The van der Waals surface area contributed by atoms with Crippen molar-refractivity contribution in [1.29, 1.82) is 0 Å². The molecule has 0 heterocycles. The van der Waals surface area contributed by atoms with Crippen LogP contribution in [0.1, 0.15) is 20.3 Å². The third kappa shape index (κ3) is 4.75. The highest BCUT2D eigenvalue weighted by molar-refractivity contribution is 7.89. The van der Waals surface area contributed by atoms with Crippen molar-refractivity contribution >= 4 is 15.7 Å². The fourth-order valence-corrected chi connectivity index (χ4v) is 2.82. The van der Waals surface area contributed by atoms with Crippen molar-refractivity contribution in [3.05, 3.63) is 24.3 Å². The van der Waals surface area contributed by atoms with Gasteiger partial charge in [0.2, 0.25) is 10.0 Å². The first-order valence-corrected chi connectivity index (χ1v) is 7.96. The molecule has 0 bridgehead atoms. The highest BCUT2D eigenvalue weighted by Gasteiger charge is 2.21. The molecule has 0 aliphatic carbocycles. The van der Waals surface area contributed by atoms with Crippen LogP contribution in [0, 0.1) is 0 Å². The molecule has 0 saturated carbocycles. The Morgan fingerprint density at radius 1 is 1.30 bits per heavy atom. The molecule has 20 heavy (non-hydrogen) atoms. The van der Waals surface area contributed by atoms with Gasteiger partial charge in [-0.3, -0.25) is 0 Å². The molecule has 6 nitrogen and oxygen atoms in total. The van der Waals surface area contributed by atoms with Crippen LogP contribution in [0.25, 0.3) is 0 Å². The summed E-state index contributed by atoms with van der Waals surface area (Å²) < 4.78 is 26.8. The van der Waals surface area contributed by atoms with Gasteiger partial charge >= 0.3 is 0 Å². The van der Waals surface area contributed by atoms with Crippen molar-refractivity contribution in [2.75, 3.05) is 25.0 Å². The first kappa shape index (κ1) is 16.9. The molecule has 1 aromatic carbocycles. The van der Waals surface area contributed by atoms with Gasteiger partial charge < -0.3 is 15.5 Å². The average molecular weight is 302 g/mol. The Balaban J connectivity index is 2.94. The topological polar surface area (TPSA) is 98.7 Å². The van der Waals surface area contributed by atoms with Gasteiger partial charge in [-0.25, -0.2) is 13.1 Å². The summed E-state index contributed by atoms with van der Waals surface area (Å²) in [6.07, 6.45) is 0.702. The number of aliphatic hydroxyl groups is 2. The molecule has 0 aliphatic rings. The number of anilines is 1. The zero-order valence-corrected chi connectivity index (χ0v) is 12.6. The van der Waals surface area contributed by atoms with E-state index in [1.54, 1.807) is 18.2 Å². The molecule has 114 valence electrons. The van der Waals surface area contributed by atoms with E-state index in [2.05, 4.69) is 10.0 Å². The minimum absolute atomic E-state index is 0.0454. The van der Waals surface area contributed by atoms with Crippen LogP contribution in [0.3, 0.4) is 0 Å². The second-order valence-electron chi connectivity index (χ2n) is 4.90. The summed E-state index contributed by atoms with van der Waals surface area (Å²) in [5.41, 5.74) is -0.918. The van der Waals surface area contributed by atoms with E-state index in [-0.39, 0.29) is 11.4 Å². The highest BCUT2D eigenvalue weighted by atomic mass is 32.2. The van der Waals surface area contributed by atoms with Crippen LogP contribution in [0.2, 0.25) is 0 Å². The Hall–Kier alpha value is -1.15. The van der Waals surface area contributed by atoms with Gasteiger partial charge in [0.25, 0.3) is 0 Å². The maximum Gasteiger partial charge on any atom is 0.242 e. The summed E-state index contributed by atoms with van der Waals surface area (Å²) in [7, 11) is -3.58. The molecule has 0 aromatic heterocycles. The van der Waals surface area contributed by atoms with Crippen LogP contribution >= 0.6 is 0 Å². The van der Waals surface area contributed by atoms with Crippen molar-refractivity contribution in [2.24, 2.45) is 0 Å². The quantitative estimate of drug-likeness (QED) is 0.561. The molecule has 1 unspecified atom stereocenters. The lowest BCUT2D eigenvalue weighted by Crippen LogP contribution is -2.37. The molecular formula is C13H22N2O4S. The van der Waals surface area contributed by atoms with Gasteiger partial charge in [-0.15, -0.1) is 0 Å². The molecule has 0 aliphatic heterocycles. The van der Waals surface area contributed by atoms with E-state index in [1.165, 1.54) is 13.0 Å². The largest absolute Gasteiger partial charge is 0.393 e. The Morgan fingerprint density at radius 2 is 1.95 bits per heavy atom. The smallest absolute Gasteiger partial charge is 0.242 e. The van der Waals surface area contributed by atoms with Crippen LogP contribution in [-0.4, -0.2) is 43.9 Å². The van der Waals surface area contributed by atoms with Crippen LogP contribution in [0.15, 0.2) is 29.2 Å². The Morgan fingerprint density at radius 3 is 2.55 bits per heavy atom. The van der Waals surface area contributed by atoms with Crippen molar-refractivity contribution in [2.45, 2.75) is 30.8 Å². The zero-order valence-electron chi connectivity index (χ0n) is 11.8. The van der Waals surface area contributed by atoms with Gasteiger partial charge in [-0.1, -0.05) is 19.1 Å². The Bertz CT molecular complexity index is 529. The maximum atomic E-state index is 12.1. The molecule has 0 radical (unpaired) electrons. The van der Waals surface area contributed by atoms with Gasteiger partial charge in [0.05, 0.1) is 12.3 Å². The van der Waals surface area contributed by atoms with E-state index in [9.17, 15) is 13.5 Å². The minimum Gasteiger partial charge on any atom is -0.393 e. The minimum atomic E-state index is -3.58. The second-order valence-corrected chi connectivity index (χ2v) is 6.64. The summed E-state index contributed by atoms with van der Waals surface area (Å²) in [5.74, 6) is 0. The first-order chi connectivity index (χ1) is 9.32. The van der Waals surface area contributed by atoms with Gasteiger partial charge in [0.15, 0.2) is 0 Å². The lowest BCUT2D eigenvalue weighted by Gasteiger charge is -2.22.